The largest absolute Gasteiger partial charge is 0.493 e. The fraction of sp³-hybridized carbons (Fsp3) is 0.333. The van der Waals surface area contributed by atoms with Crippen LogP contribution in [0, 0.1) is 12.8 Å². The van der Waals surface area contributed by atoms with E-state index in [0.29, 0.717) is 31.1 Å². The van der Waals surface area contributed by atoms with Crippen LogP contribution in [0.4, 0.5) is 10.5 Å². The molecule has 4 rings (SSSR count). The molecule has 2 aromatic heterocycles. The third-order valence-electron chi connectivity index (χ3n) is 5.53. The molecule has 0 saturated carbocycles. The Hall–Kier alpha value is -3.06. The molecule has 31 heavy (non-hydrogen) atoms. The maximum atomic E-state index is 12.6. The topological polar surface area (TPSA) is 67.6 Å². The molecule has 0 radical (unpaired) electrons. The van der Waals surface area contributed by atoms with Crippen molar-refractivity contribution in [2.75, 3.05) is 25.0 Å². The van der Waals surface area contributed by atoms with Gasteiger partial charge in [-0.2, -0.15) is 11.3 Å². The second-order valence-electron chi connectivity index (χ2n) is 7.84. The van der Waals surface area contributed by atoms with Gasteiger partial charge in [0.15, 0.2) is 5.76 Å². The van der Waals surface area contributed by atoms with E-state index >= 15 is 0 Å². The molecule has 3 heterocycles. The molecule has 0 bridgehead atoms. The van der Waals surface area contributed by atoms with Gasteiger partial charge in [-0.05, 0) is 59.3 Å². The maximum absolute atomic E-state index is 12.6. The van der Waals surface area contributed by atoms with Crippen LogP contribution < -0.4 is 10.1 Å². The molecule has 162 valence electrons. The summed E-state index contributed by atoms with van der Waals surface area (Å²) in [6.45, 7) is 5.98. The van der Waals surface area contributed by atoms with Crippen LogP contribution >= 0.6 is 11.3 Å². The van der Waals surface area contributed by atoms with Crippen molar-refractivity contribution in [3.05, 3.63) is 69.7 Å². The van der Waals surface area contributed by atoms with Gasteiger partial charge in [-0.3, -0.25) is 0 Å². The molecule has 0 spiro atoms. The van der Waals surface area contributed by atoms with Gasteiger partial charge in [0, 0.05) is 19.5 Å². The van der Waals surface area contributed by atoms with Gasteiger partial charge in [0.2, 0.25) is 0 Å². The van der Waals surface area contributed by atoms with Gasteiger partial charge in [-0.1, -0.05) is 35.9 Å². The number of urea groups is 1. The summed E-state index contributed by atoms with van der Waals surface area (Å²) in [7, 11) is 0. The van der Waals surface area contributed by atoms with E-state index in [-0.39, 0.29) is 11.9 Å². The lowest BCUT2D eigenvalue weighted by Crippen LogP contribution is -2.42. The van der Waals surface area contributed by atoms with Crippen LogP contribution in [0.5, 0.6) is 5.75 Å². The number of aromatic nitrogens is 1. The molecule has 1 aliphatic rings. The highest BCUT2D eigenvalue weighted by atomic mass is 32.1. The van der Waals surface area contributed by atoms with E-state index in [4.69, 9.17) is 9.26 Å². The van der Waals surface area contributed by atoms with E-state index in [0.717, 1.165) is 24.2 Å². The standard InChI is InChI=1S/C24H27N3O3S/c1-17-15-27(24(28)26-23-14-25-30-18(23)2)9-6-21(17)12-20-4-3-5-22(13-20)29-10-7-19-8-11-31-16-19/h3-5,8,11-14,16-17H,6-7,9-10,15H2,1-2H3,(H,26,28)/b21-12+. The number of anilines is 1. The first-order valence-corrected chi connectivity index (χ1v) is 11.4. The molecular formula is C24H27N3O3S. The molecule has 0 aliphatic carbocycles. The van der Waals surface area contributed by atoms with Crippen LogP contribution in [-0.2, 0) is 6.42 Å². The van der Waals surface area contributed by atoms with Crippen LogP contribution in [0.3, 0.4) is 0 Å². The maximum Gasteiger partial charge on any atom is 0.322 e. The Morgan fingerprint density at radius 2 is 2.32 bits per heavy atom. The van der Waals surface area contributed by atoms with Crippen LogP contribution in [0.2, 0.25) is 0 Å². The minimum absolute atomic E-state index is 0.113. The first-order valence-electron chi connectivity index (χ1n) is 10.5. The van der Waals surface area contributed by atoms with E-state index in [9.17, 15) is 4.79 Å². The van der Waals surface area contributed by atoms with Gasteiger partial charge in [0.1, 0.15) is 11.4 Å². The Labute approximate surface area is 186 Å². The molecule has 6 nitrogen and oxygen atoms in total. The van der Waals surface area contributed by atoms with Crippen molar-refractivity contribution in [2.45, 2.75) is 26.7 Å². The normalized spacial score (nSPS) is 17.7. The molecule has 1 fully saturated rings. The molecule has 1 saturated heterocycles. The van der Waals surface area contributed by atoms with Crippen LogP contribution in [0.25, 0.3) is 6.08 Å². The van der Waals surface area contributed by atoms with E-state index in [2.05, 4.69) is 52.4 Å². The lowest BCUT2D eigenvalue weighted by molar-refractivity contribution is 0.197. The number of piperidine rings is 1. The molecule has 3 aromatic rings. The number of hydrogen-bond donors (Lipinski definition) is 1. The molecule has 1 aliphatic heterocycles. The highest BCUT2D eigenvalue weighted by molar-refractivity contribution is 7.07. The van der Waals surface area contributed by atoms with E-state index in [1.54, 1.807) is 18.3 Å². The molecular weight excluding hydrogens is 410 g/mol. The third kappa shape index (κ3) is 5.55. The van der Waals surface area contributed by atoms with E-state index < -0.39 is 0 Å². The first-order chi connectivity index (χ1) is 15.1. The van der Waals surface area contributed by atoms with Crippen LogP contribution in [-0.4, -0.2) is 35.8 Å². The molecule has 1 aromatic carbocycles. The van der Waals surface area contributed by atoms with Gasteiger partial charge in [0.05, 0.1) is 12.8 Å². The number of benzene rings is 1. The van der Waals surface area contributed by atoms with Gasteiger partial charge < -0.3 is 19.5 Å². The molecule has 1 unspecified atom stereocenters. The number of ether oxygens (including phenoxy) is 1. The Morgan fingerprint density at radius 1 is 1.42 bits per heavy atom. The number of thiophene rings is 1. The minimum atomic E-state index is -0.113. The number of carbonyl (C=O) groups excluding carboxylic acids is 1. The summed E-state index contributed by atoms with van der Waals surface area (Å²) in [5, 5.41) is 10.8. The summed E-state index contributed by atoms with van der Waals surface area (Å²) in [6, 6.07) is 10.2. The van der Waals surface area contributed by atoms with Crippen LogP contribution in [0.15, 0.2) is 57.4 Å². The minimum Gasteiger partial charge on any atom is -0.493 e. The quantitative estimate of drug-likeness (QED) is 0.543. The summed E-state index contributed by atoms with van der Waals surface area (Å²) >= 11 is 1.71. The Bertz CT molecular complexity index is 1040. The third-order valence-corrected chi connectivity index (χ3v) is 6.26. The highest BCUT2D eigenvalue weighted by Gasteiger charge is 2.25. The average molecular weight is 438 g/mol. The Balaban J connectivity index is 1.33. The van der Waals surface area contributed by atoms with Crippen molar-refractivity contribution < 1.29 is 14.1 Å². The SMILES string of the molecule is Cc1oncc1NC(=O)N1CC/C(=C\c2cccc(OCCc3ccsc3)c2)C(C)C1. The van der Waals surface area contributed by atoms with E-state index in [1.165, 1.54) is 17.3 Å². The van der Waals surface area contributed by atoms with Crippen molar-refractivity contribution in [2.24, 2.45) is 5.92 Å². The van der Waals surface area contributed by atoms with Crippen LogP contribution in [0.1, 0.15) is 30.2 Å². The Morgan fingerprint density at radius 3 is 3.06 bits per heavy atom. The lowest BCUT2D eigenvalue weighted by atomic mass is 9.91. The van der Waals surface area contributed by atoms with Gasteiger partial charge >= 0.3 is 6.03 Å². The zero-order chi connectivity index (χ0) is 21.6. The summed E-state index contributed by atoms with van der Waals surface area (Å²) in [6.07, 6.45) is 5.52. The predicted molar refractivity (Wildman–Crippen MR) is 124 cm³/mol. The van der Waals surface area contributed by atoms with Gasteiger partial charge in [-0.25, -0.2) is 4.79 Å². The lowest BCUT2D eigenvalue weighted by Gasteiger charge is -2.33. The van der Waals surface area contributed by atoms with Crippen molar-refractivity contribution in [3.63, 3.8) is 0 Å². The fourth-order valence-corrected chi connectivity index (χ4v) is 4.39. The smallest absolute Gasteiger partial charge is 0.322 e. The zero-order valence-corrected chi connectivity index (χ0v) is 18.7. The number of amides is 2. The zero-order valence-electron chi connectivity index (χ0n) is 17.8. The van der Waals surface area contributed by atoms with Crippen molar-refractivity contribution >= 4 is 29.1 Å². The Kier molecular flexibility index (Phi) is 6.72. The van der Waals surface area contributed by atoms with Crippen molar-refractivity contribution in [1.29, 1.82) is 0 Å². The molecule has 7 heteroatoms. The number of likely N-dealkylation sites (tertiary alicyclic amines) is 1. The molecule has 2 amide bonds. The summed E-state index contributed by atoms with van der Waals surface area (Å²) in [4.78, 5) is 14.4. The number of rotatable bonds is 6. The number of carbonyl (C=O) groups is 1. The molecule has 1 atom stereocenters. The second-order valence-corrected chi connectivity index (χ2v) is 8.62. The first kappa shape index (κ1) is 21.2. The number of hydrogen-bond acceptors (Lipinski definition) is 5. The predicted octanol–water partition coefficient (Wildman–Crippen LogP) is 5.62. The van der Waals surface area contributed by atoms with E-state index in [1.807, 2.05) is 17.0 Å². The number of aryl methyl sites for hydroxylation is 1. The van der Waals surface area contributed by atoms with Gasteiger partial charge in [0.25, 0.3) is 0 Å². The van der Waals surface area contributed by atoms with Gasteiger partial charge in [-0.15, -0.1) is 0 Å². The van der Waals surface area contributed by atoms with Crippen molar-refractivity contribution in [3.8, 4) is 5.75 Å². The van der Waals surface area contributed by atoms with Crippen molar-refractivity contribution in [1.82, 2.24) is 10.1 Å². The number of nitrogens with zero attached hydrogens (tertiary/aromatic N) is 2. The number of nitrogens with one attached hydrogen (secondary N) is 1. The fourth-order valence-electron chi connectivity index (χ4n) is 3.69. The highest BCUT2D eigenvalue weighted by Crippen LogP contribution is 2.27. The molecule has 1 N–H and O–H groups in total. The summed E-state index contributed by atoms with van der Waals surface area (Å²) in [5.74, 6) is 1.78. The monoisotopic (exact) mass is 437 g/mol. The second kappa shape index (κ2) is 9.83. The summed E-state index contributed by atoms with van der Waals surface area (Å²) in [5.41, 5.74) is 4.41. The average Bonchev–Trinajstić information content (AvgIpc) is 3.42. The summed E-state index contributed by atoms with van der Waals surface area (Å²) < 4.78 is 11.0.